The third kappa shape index (κ3) is 4.52. The number of para-hydroxylation sites is 1. The standard InChI is InChI=1S/C19H15N3O3.BrH/c23-18(15-7-6-10-17(13-15)22(24)25)14-21(16-8-2-1-3-9-16)19-11-4-5-12-20-19;/h1-13H,14H2;1H. The fourth-order valence-electron chi connectivity index (χ4n) is 2.45. The number of non-ortho nitro benzene ring substituents is 1. The maximum absolute atomic E-state index is 12.7. The van der Waals surface area contributed by atoms with Crippen LogP contribution in [-0.4, -0.2) is 22.2 Å². The van der Waals surface area contributed by atoms with Gasteiger partial charge >= 0.3 is 0 Å². The number of nitro groups is 1. The number of nitrogens with zero attached hydrogens (tertiary/aromatic N) is 3. The number of pyridine rings is 1. The van der Waals surface area contributed by atoms with E-state index in [0.29, 0.717) is 11.4 Å². The minimum atomic E-state index is -0.509. The molecule has 0 radical (unpaired) electrons. The van der Waals surface area contributed by atoms with E-state index in [9.17, 15) is 14.9 Å². The van der Waals surface area contributed by atoms with Crippen molar-refractivity contribution in [3.05, 3.63) is 94.7 Å². The van der Waals surface area contributed by atoms with Gasteiger partial charge in [-0.2, -0.15) is 0 Å². The summed E-state index contributed by atoms with van der Waals surface area (Å²) in [5, 5.41) is 10.9. The van der Waals surface area contributed by atoms with Crippen molar-refractivity contribution in [2.75, 3.05) is 11.4 Å². The van der Waals surface area contributed by atoms with Crippen LogP contribution in [0.4, 0.5) is 17.2 Å². The molecular formula is C19H16BrN3O3. The van der Waals surface area contributed by atoms with E-state index >= 15 is 0 Å². The quantitative estimate of drug-likeness (QED) is 0.335. The number of hydrogen-bond acceptors (Lipinski definition) is 5. The van der Waals surface area contributed by atoms with E-state index in [2.05, 4.69) is 4.98 Å². The molecule has 0 bridgehead atoms. The summed E-state index contributed by atoms with van der Waals surface area (Å²) in [6.45, 7) is 0.0300. The van der Waals surface area contributed by atoms with Crippen LogP contribution in [0, 0.1) is 10.1 Å². The zero-order chi connectivity index (χ0) is 17.6. The van der Waals surface area contributed by atoms with Crippen molar-refractivity contribution in [3.63, 3.8) is 0 Å². The third-order valence-corrected chi connectivity index (χ3v) is 3.67. The Morgan fingerprint density at radius 1 is 1.00 bits per heavy atom. The van der Waals surface area contributed by atoms with Crippen molar-refractivity contribution in [2.24, 2.45) is 0 Å². The van der Waals surface area contributed by atoms with Gasteiger partial charge in [0.1, 0.15) is 5.82 Å². The summed E-state index contributed by atoms with van der Waals surface area (Å²) in [4.78, 5) is 29.2. The molecule has 7 heteroatoms. The molecule has 132 valence electrons. The van der Waals surface area contributed by atoms with Gasteiger partial charge < -0.3 is 4.90 Å². The van der Waals surface area contributed by atoms with Gasteiger partial charge in [0.2, 0.25) is 0 Å². The monoisotopic (exact) mass is 413 g/mol. The highest BCUT2D eigenvalue weighted by molar-refractivity contribution is 8.93. The molecule has 0 spiro atoms. The van der Waals surface area contributed by atoms with Gasteiger partial charge in [-0.05, 0) is 24.3 Å². The Kier molecular flexibility index (Phi) is 6.57. The van der Waals surface area contributed by atoms with E-state index in [1.165, 1.54) is 18.2 Å². The molecule has 0 aliphatic carbocycles. The second-order valence-corrected chi connectivity index (χ2v) is 5.34. The Bertz CT molecular complexity index is 849. The summed E-state index contributed by atoms with van der Waals surface area (Å²) < 4.78 is 0. The summed E-state index contributed by atoms with van der Waals surface area (Å²) in [6.07, 6.45) is 1.66. The highest BCUT2D eigenvalue weighted by Gasteiger charge is 2.17. The van der Waals surface area contributed by atoms with E-state index in [-0.39, 0.29) is 35.0 Å². The maximum Gasteiger partial charge on any atom is 0.270 e. The van der Waals surface area contributed by atoms with Crippen LogP contribution in [0.15, 0.2) is 79.0 Å². The summed E-state index contributed by atoms with van der Waals surface area (Å²) in [7, 11) is 0. The van der Waals surface area contributed by atoms with E-state index in [0.717, 1.165) is 5.69 Å². The second-order valence-electron chi connectivity index (χ2n) is 5.34. The average molecular weight is 414 g/mol. The molecule has 0 atom stereocenters. The number of hydrogen-bond donors (Lipinski definition) is 0. The molecule has 0 saturated heterocycles. The molecule has 2 aromatic carbocycles. The predicted molar refractivity (Wildman–Crippen MR) is 105 cm³/mol. The van der Waals surface area contributed by atoms with Crippen molar-refractivity contribution >= 4 is 40.0 Å². The van der Waals surface area contributed by atoms with Crippen molar-refractivity contribution in [3.8, 4) is 0 Å². The lowest BCUT2D eigenvalue weighted by Crippen LogP contribution is -2.26. The van der Waals surface area contributed by atoms with Gasteiger partial charge in [0, 0.05) is 29.6 Å². The van der Waals surface area contributed by atoms with Crippen LogP contribution < -0.4 is 4.90 Å². The topological polar surface area (TPSA) is 76.3 Å². The molecule has 1 heterocycles. The van der Waals surface area contributed by atoms with Crippen LogP contribution in [0.3, 0.4) is 0 Å². The predicted octanol–water partition coefficient (Wildman–Crippen LogP) is 4.59. The minimum Gasteiger partial charge on any atom is -0.319 e. The zero-order valence-electron chi connectivity index (χ0n) is 13.7. The minimum absolute atomic E-state index is 0. The van der Waals surface area contributed by atoms with E-state index in [4.69, 9.17) is 0 Å². The number of anilines is 2. The summed E-state index contributed by atoms with van der Waals surface area (Å²) in [5.74, 6) is 0.408. The molecular weight excluding hydrogens is 398 g/mol. The van der Waals surface area contributed by atoms with Gasteiger partial charge in [-0.25, -0.2) is 4.98 Å². The molecule has 3 rings (SSSR count). The fourth-order valence-corrected chi connectivity index (χ4v) is 2.45. The highest BCUT2D eigenvalue weighted by Crippen LogP contribution is 2.24. The normalized spacial score (nSPS) is 9.85. The Morgan fingerprint density at radius 2 is 1.73 bits per heavy atom. The first kappa shape index (κ1) is 19.3. The summed E-state index contributed by atoms with van der Waals surface area (Å²) in [6, 6.07) is 20.6. The number of rotatable bonds is 6. The average Bonchev–Trinajstić information content (AvgIpc) is 2.67. The first-order valence-electron chi connectivity index (χ1n) is 7.66. The number of Topliss-reactive ketones (excluding diaryl/α,β-unsaturated/α-hetero) is 1. The van der Waals surface area contributed by atoms with Gasteiger partial charge in [0.15, 0.2) is 5.78 Å². The fraction of sp³-hybridized carbons (Fsp3) is 0.0526. The van der Waals surface area contributed by atoms with Crippen molar-refractivity contribution < 1.29 is 9.72 Å². The van der Waals surface area contributed by atoms with Crippen LogP contribution in [0.1, 0.15) is 10.4 Å². The largest absolute Gasteiger partial charge is 0.319 e. The number of nitro benzene ring substituents is 1. The first-order valence-corrected chi connectivity index (χ1v) is 7.66. The van der Waals surface area contributed by atoms with Gasteiger partial charge in [0.25, 0.3) is 5.69 Å². The van der Waals surface area contributed by atoms with Gasteiger partial charge in [0.05, 0.1) is 11.5 Å². The Morgan fingerprint density at radius 3 is 2.38 bits per heavy atom. The van der Waals surface area contributed by atoms with Gasteiger partial charge in [-0.1, -0.05) is 36.4 Å². The molecule has 0 amide bonds. The molecule has 0 aliphatic rings. The highest BCUT2D eigenvalue weighted by atomic mass is 79.9. The number of carbonyl (C=O) groups is 1. The molecule has 3 aromatic rings. The van der Waals surface area contributed by atoms with E-state index in [1.807, 2.05) is 42.5 Å². The first-order chi connectivity index (χ1) is 12.1. The van der Waals surface area contributed by atoms with Crippen LogP contribution in [0.25, 0.3) is 0 Å². The van der Waals surface area contributed by atoms with Crippen LogP contribution in [0.2, 0.25) is 0 Å². The number of carbonyl (C=O) groups excluding carboxylic acids is 1. The molecule has 26 heavy (non-hydrogen) atoms. The molecule has 0 aliphatic heterocycles. The number of ketones is 1. The molecule has 6 nitrogen and oxygen atoms in total. The second kappa shape index (κ2) is 8.87. The molecule has 0 unspecified atom stereocenters. The molecule has 0 saturated carbocycles. The van der Waals surface area contributed by atoms with E-state index in [1.54, 1.807) is 23.2 Å². The van der Waals surface area contributed by atoms with Crippen LogP contribution >= 0.6 is 17.0 Å². The van der Waals surface area contributed by atoms with Crippen molar-refractivity contribution in [2.45, 2.75) is 0 Å². The Labute approximate surface area is 161 Å². The lowest BCUT2D eigenvalue weighted by molar-refractivity contribution is -0.384. The van der Waals surface area contributed by atoms with Gasteiger partial charge in [-0.15, -0.1) is 17.0 Å². The zero-order valence-corrected chi connectivity index (χ0v) is 15.4. The van der Waals surface area contributed by atoms with Crippen molar-refractivity contribution in [1.29, 1.82) is 0 Å². The lowest BCUT2D eigenvalue weighted by atomic mass is 10.1. The molecule has 0 fully saturated rings. The van der Waals surface area contributed by atoms with Crippen molar-refractivity contribution in [1.82, 2.24) is 4.98 Å². The summed E-state index contributed by atoms with van der Waals surface area (Å²) >= 11 is 0. The SMILES string of the molecule is Br.O=C(CN(c1ccccc1)c1ccccn1)c1cccc([N+](=O)[O-])c1. The Balaban J connectivity index is 0.00000243. The smallest absolute Gasteiger partial charge is 0.270 e. The lowest BCUT2D eigenvalue weighted by Gasteiger charge is -2.23. The Hall–Kier alpha value is -3.06. The van der Waals surface area contributed by atoms with Crippen LogP contribution in [0.5, 0.6) is 0 Å². The third-order valence-electron chi connectivity index (χ3n) is 3.67. The number of aromatic nitrogens is 1. The molecule has 1 aromatic heterocycles. The molecule has 0 N–H and O–H groups in total. The van der Waals surface area contributed by atoms with Gasteiger partial charge in [-0.3, -0.25) is 14.9 Å². The number of benzene rings is 2. The summed E-state index contributed by atoms with van der Waals surface area (Å²) in [5.41, 5.74) is 1.01. The number of halogens is 1. The maximum atomic E-state index is 12.7. The van der Waals surface area contributed by atoms with Crippen LogP contribution in [-0.2, 0) is 0 Å². The van der Waals surface area contributed by atoms with E-state index < -0.39 is 4.92 Å².